The topological polar surface area (TPSA) is 92.9 Å². The van der Waals surface area contributed by atoms with E-state index in [1.807, 2.05) is 13.8 Å². The minimum absolute atomic E-state index is 0.0636. The molecule has 6 nitrogen and oxygen atoms in total. The Kier molecular flexibility index (Phi) is 4.23. The average Bonchev–Trinajstić information content (AvgIpc) is 2.41. The van der Waals surface area contributed by atoms with Crippen LogP contribution in [0.2, 0.25) is 0 Å². The van der Waals surface area contributed by atoms with Gasteiger partial charge in [0.2, 0.25) is 0 Å². The Bertz CT molecular complexity index is 491. The van der Waals surface area contributed by atoms with Crippen LogP contribution in [0, 0.1) is 0 Å². The number of nitrogens with zero attached hydrogens (tertiary/aromatic N) is 2. The van der Waals surface area contributed by atoms with Gasteiger partial charge in [0.1, 0.15) is 5.82 Å². The Morgan fingerprint density at radius 3 is 2.65 bits per heavy atom. The highest BCUT2D eigenvalue weighted by atomic mass is 16.2. The summed E-state index contributed by atoms with van der Waals surface area (Å²) >= 11 is 0. The van der Waals surface area contributed by atoms with Crippen molar-refractivity contribution in [1.82, 2.24) is 15.3 Å². The number of anilines is 1. The monoisotopic (exact) mass is 277 g/mol. The van der Waals surface area contributed by atoms with Gasteiger partial charge in [-0.25, -0.2) is 9.97 Å². The van der Waals surface area contributed by atoms with Gasteiger partial charge in [-0.1, -0.05) is 20.8 Å². The molecule has 20 heavy (non-hydrogen) atoms. The van der Waals surface area contributed by atoms with Crippen LogP contribution in [0.15, 0.2) is 6.20 Å². The number of hydrazine groups is 1. The van der Waals surface area contributed by atoms with E-state index in [0.717, 1.165) is 25.7 Å². The van der Waals surface area contributed by atoms with E-state index < -0.39 is 0 Å². The fourth-order valence-corrected chi connectivity index (χ4v) is 2.42. The van der Waals surface area contributed by atoms with Gasteiger partial charge in [0, 0.05) is 11.5 Å². The first-order valence-electron chi connectivity index (χ1n) is 7.17. The van der Waals surface area contributed by atoms with Crippen molar-refractivity contribution in [3.05, 3.63) is 17.7 Å². The summed E-state index contributed by atoms with van der Waals surface area (Å²) < 4.78 is 0. The van der Waals surface area contributed by atoms with Crippen LogP contribution in [0.4, 0.5) is 5.69 Å². The van der Waals surface area contributed by atoms with Gasteiger partial charge in [0.15, 0.2) is 5.69 Å². The molecule has 0 aromatic carbocycles. The summed E-state index contributed by atoms with van der Waals surface area (Å²) in [6.07, 6.45) is 5.73. The zero-order chi connectivity index (χ0) is 14.8. The lowest BCUT2D eigenvalue weighted by molar-refractivity contribution is 0.0815. The number of rotatable bonds is 5. The Labute approximate surface area is 119 Å². The molecule has 0 unspecified atom stereocenters. The molecule has 1 aromatic heterocycles. The lowest BCUT2D eigenvalue weighted by Gasteiger charge is -2.42. The van der Waals surface area contributed by atoms with Crippen molar-refractivity contribution in [2.24, 2.45) is 5.84 Å². The molecule has 1 aromatic rings. The number of carbonyl (C=O) groups is 1. The average molecular weight is 277 g/mol. The lowest BCUT2D eigenvalue weighted by atomic mass is 9.75. The minimum Gasteiger partial charge on any atom is -0.345 e. The second kappa shape index (κ2) is 5.75. The largest absolute Gasteiger partial charge is 0.345 e. The van der Waals surface area contributed by atoms with Gasteiger partial charge in [0.05, 0.1) is 11.9 Å². The number of hydrogen-bond acceptors (Lipinski definition) is 5. The van der Waals surface area contributed by atoms with Gasteiger partial charge in [-0.2, -0.15) is 0 Å². The van der Waals surface area contributed by atoms with Crippen molar-refractivity contribution in [3.8, 4) is 0 Å². The summed E-state index contributed by atoms with van der Waals surface area (Å²) in [5.74, 6) is 6.08. The van der Waals surface area contributed by atoms with Gasteiger partial charge in [-0.05, 0) is 25.7 Å². The maximum atomic E-state index is 12.5. The number of nitrogens with two attached hydrogens (primary N) is 1. The molecule has 0 saturated heterocycles. The van der Waals surface area contributed by atoms with Crippen molar-refractivity contribution in [1.29, 1.82) is 0 Å². The molecule has 110 valence electrons. The van der Waals surface area contributed by atoms with Crippen molar-refractivity contribution in [2.75, 3.05) is 5.43 Å². The number of aromatic nitrogens is 2. The van der Waals surface area contributed by atoms with Crippen LogP contribution in [0.5, 0.6) is 0 Å². The maximum absolute atomic E-state index is 12.5. The van der Waals surface area contributed by atoms with Crippen molar-refractivity contribution < 1.29 is 4.79 Å². The first-order valence-corrected chi connectivity index (χ1v) is 7.17. The summed E-state index contributed by atoms with van der Waals surface area (Å²) in [4.78, 5) is 21.0. The Morgan fingerprint density at radius 2 is 2.20 bits per heavy atom. The number of nitrogens with one attached hydrogen (secondary N) is 2. The number of nitrogen functional groups attached to an aromatic ring is 1. The van der Waals surface area contributed by atoms with E-state index in [9.17, 15) is 4.79 Å². The Hall–Kier alpha value is -1.69. The number of carbonyl (C=O) groups excluding carboxylic acids is 1. The fourth-order valence-electron chi connectivity index (χ4n) is 2.42. The highest BCUT2D eigenvalue weighted by Crippen LogP contribution is 2.35. The molecule has 1 aliphatic carbocycles. The minimum atomic E-state index is -0.177. The van der Waals surface area contributed by atoms with Gasteiger partial charge < -0.3 is 10.7 Å². The van der Waals surface area contributed by atoms with Gasteiger partial charge in [-0.3, -0.25) is 10.6 Å². The third-order valence-electron chi connectivity index (χ3n) is 4.06. The van der Waals surface area contributed by atoms with Crippen LogP contribution >= 0.6 is 0 Å². The first kappa shape index (κ1) is 14.7. The third kappa shape index (κ3) is 2.75. The predicted octanol–water partition coefficient (Wildman–Crippen LogP) is 1.95. The fraction of sp³-hybridized carbons (Fsp3) is 0.643. The molecule has 2 rings (SSSR count). The zero-order valence-corrected chi connectivity index (χ0v) is 12.4. The third-order valence-corrected chi connectivity index (χ3v) is 4.06. The molecule has 1 saturated carbocycles. The van der Waals surface area contributed by atoms with Crippen LogP contribution in [-0.2, 0) is 0 Å². The smallest absolute Gasteiger partial charge is 0.272 e. The first-order chi connectivity index (χ1) is 9.51. The van der Waals surface area contributed by atoms with Crippen LogP contribution in [0.1, 0.15) is 68.7 Å². The SMILES string of the molecule is CCC1(NC(=O)c2nc(C(C)C)ncc2NN)CCC1. The Balaban J connectivity index is 2.25. The maximum Gasteiger partial charge on any atom is 0.272 e. The lowest BCUT2D eigenvalue weighted by Crippen LogP contribution is -2.53. The highest BCUT2D eigenvalue weighted by Gasteiger charge is 2.37. The van der Waals surface area contributed by atoms with E-state index in [1.165, 1.54) is 0 Å². The van der Waals surface area contributed by atoms with Crippen molar-refractivity contribution in [2.45, 2.75) is 57.9 Å². The van der Waals surface area contributed by atoms with E-state index in [2.05, 4.69) is 27.6 Å². The standard InChI is InChI=1S/C14H23N5O/c1-4-14(6-5-7-14)18-13(20)11-10(19-15)8-16-12(17-11)9(2)3/h8-9,19H,4-7,15H2,1-3H3,(H,18,20). The van der Waals surface area contributed by atoms with E-state index in [-0.39, 0.29) is 17.4 Å². The quantitative estimate of drug-likeness (QED) is 0.565. The normalized spacial score (nSPS) is 16.6. The van der Waals surface area contributed by atoms with Crippen molar-refractivity contribution >= 4 is 11.6 Å². The molecule has 6 heteroatoms. The van der Waals surface area contributed by atoms with Crippen LogP contribution in [0.25, 0.3) is 0 Å². The molecule has 0 bridgehead atoms. The molecule has 4 N–H and O–H groups in total. The second-order valence-electron chi connectivity index (χ2n) is 5.73. The molecule has 1 amide bonds. The van der Waals surface area contributed by atoms with E-state index in [1.54, 1.807) is 6.20 Å². The van der Waals surface area contributed by atoms with Crippen LogP contribution < -0.4 is 16.6 Å². The summed E-state index contributed by atoms with van der Waals surface area (Å²) in [7, 11) is 0. The predicted molar refractivity (Wildman–Crippen MR) is 78.3 cm³/mol. The van der Waals surface area contributed by atoms with Gasteiger partial charge in [0.25, 0.3) is 5.91 Å². The molecule has 1 fully saturated rings. The summed E-state index contributed by atoms with van der Waals surface area (Å²) in [5.41, 5.74) is 3.21. The molecular formula is C14H23N5O. The zero-order valence-electron chi connectivity index (χ0n) is 12.4. The molecule has 1 aliphatic rings. The highest BCUT2D eigenvalue weighted by molar-refractivity contribution is 5.97. The van der Waals surface area contributed by atoms with Gasteiger partial charge in [-0.15, -0.1) is 0 Å². The molecule has 1 heterocycles. The van der Waals surface area contributed by atoms with Gasteiger partial charge >= 0.3 is 0 Å². The number of amides is 1. The van der Waals surface area contributed by atoms with Crippen LogP contribution in [-0.4, -0.2) is 21.4 Å². The summed E-state index contributed by atoms with van der Waals surface area (Å²) in [5, 5.41) is 3.11. The van der Waals surface area contributed by atoms with Crippen LogP contribution in [0.3, 0.4) is 0 Å². The molecular weight excluding hydrogens is 254 g/mol. The number of hydrogen-bond donors (Lipinski definition) is 3. The molecule has 0 atom stereocenters. The van der Waals surface area contributed by atoms with E-state index >= 15 is 0 Å². The summed E-state index contributed by atoms with van der Waals surface area (Å²) in [6.45, 7) is 6.08. The molecule has 0 radical (unpaired) electrons. The van der Waals surface area contributed by atoms with Crippen molar-refractivity contribution in [3.63, 3.8) is 0 Å². The second-order valence-corrected chi connectivity index (χ2v) is 5.73. The van der Waals surface area contributed by atoms with E-state index in [0.29, 0.717) is 17.2 Å². The summed E-state index contributed by atoms with van der Waals surface area (Å²) in [6, 6.07) is 0. The Morgan fingerprint density at radius 1 is 1.50 bits per heavy atom. The van der Waals surface area contributed by atoms with E-state index in [4.69, 9.17) is 5.84 Å². The molecule has 0 spiro atoms. The molecule has 0 aliphatic heterocycles.